The maximum atomic E-state index is 12.5. The second-order valence-corrected chi connectivity index (χ2v) is 6.15. The van der Waals surface area contributed by atoms with Crippen LogP contribution in [0.1, 0.15) is 30.9 Å². The molecule has 0 amide bonds. The van der Waals surface area contributed by atoms with Gasteiger partial charge in [-0.05, 0) is 47.0 Å². The number of benzene rings is 2. The zero-order valence-electron chi connectivity index (χ0n) is 12.7. The van der Waals surface area contributed by atoms with Gasteiger partial charge in [-0.15, -0.1) is 0 Å². The average molecular weight is 378 g/mol. The van der Waals surface area contributed by atoms with E-state index >= 15 is 0 Å². The lowest BCUT2D eigenvalue weighted by atomic mass is 9.91. The van der Waals surface area contributed by atoms with Gasteiger partial charge in [-0.2, -0.15) is 0 Å². The number of esters is 1. The fraction of sp³-hybridized carbons (Fsp3) is 0.235. The molecule has 5 nitrogen and oxygen atoms in total. The SMILES string of the molecule is CC(C)OC(=O)[C@@H](c1ccccc1)c1ccc([N+](=O)[O-])c(Br)c1. The number of nitro benzene ring substituents is 1. The lowest BCUT2D eigenvalue weighted by molar-refractivity contribution is -0.385. The van der Waals surface area contributed by atoms with Crippen molar-refractivity contribution in [2.75, 3.05) is 0 Å². The Bertz CT molecular complexity index is 716. The van der Waals surface area contributed by atoms with Crippen LogP contribution in [-0.2, 0) is 9.53 Å². The first-order valence-corrected chi connectivity index (χ1v) is 7.88. The van der Waals surface area contributed by atoms with Gasteiger partial charge in [0.1, 0.15) is 5.92 Å². The summed E-state index contributed by atoms with van der Waals surface area (Å²) in [6.07, 6.45) is -0.241. The van der Waals surface area contributed by atoms with Crippen molar-refractivity contribution in [2.45, 2.75) is 25.9 Å². The summed E-state index contributed by atoms with van der Waals surface area (Å²) < 4.78 is 5.68. The third kappa shape index (κ3) is 4.16. The fourth-order valence-electron chi connectivity index (χ4n) is 2.26. The molecule has 2 rings (SSSR count). The summed E-state index contributed by atoms with van der Waals surface area (Å²) in [6.45, 7) is 3.57. The van der Waals surface area contributed by atoms with Crippen molar-refractivity contribution >= 4 is 27.6 Å². The summed E-state index contributed by atoms with van der Waals surface area (Å²) in [5, 5.41) is 10.9. The van der Waals surface area contributed by atoms with Crippen LogP contribution in [-0.4, -0.2) is 17.0 Å². The van der Waals surface area contributed by atoms with Crippen LogP contribution in [0.25, 0.3) is 0 Å². The molecule has 6 heteroatoms. The first-order valence-electron chi connectivity index (χ1n) is 7.09. The highest BCUT2D eigenvalue weighted by molar-refractivity contribution is 9.10. The number of nitrogens with zero attached hydrogens (tertiary/aromatic N) is 1. The highest BCUT2D eigenvalue weighted by Gasteiger charge is 2.26. The van der Waals surface area contributed by atoms with Crippen LogP contribution in [0.15, 0.2) is 53.0 Å². The van der Waals surface area contributed by atoms with Crippen LogP contribution in [0.2, 0.25) is 0 Å². The molecule has 0 heterocycles. The summed E-state index contributed by atoms with van der Waals surface area (Å²) in [6, 6.07) is 13.8. The standard InChI is InChI=1S/C17H16BrNO4/c1-11(2)23-17(20)16(12-6-4-3-5-7-12)13-8-9-15(19(21)22)14(18)10-13/h3-11,16H,1-2H3/t16-/m0/s1. The van der Waals surface area contributed by atoms with E-state index in [0.717, 1.165) is 5.56 Å². The number of ether oxygens (including phenoxy) is 1. The van der Waals surface area contributed by atoms with Crippen LogP contribution >= 0.6 is 15.9 Å². The third-order valence-corrected chi connectivity index (χ3v) is 3.86. The van der Waals surface area contributed by atoms with Crippen LogP contribution in [0.4, 0.5) is 5.69 Å². The van der Waals surface area contributed by atoms with Gasteiger partial charge in [-0.1, -0.05) is 36.4 Å². The van der Waals surface area contributed by atoms with Crippen molar-refractivity contribution in [3.8, 4) is 0 Å². The Labute approximate surface area is 142 Å². The van der Waals surface area contributed by atoms with Crippen molar-refractivity contribution in [1.29, 1.82) is 0 Å². The predicted molar refractivity (Wildman–Crippen MR) is 90.3 cm³/mol. The molecule has 0 saturated heterocycles. The molecule has 0 aliphatic carbocycles. The molecule has 0 N–H and O–H groups in total. The molecular formula is C17H16BrNO4. The zero-order valence-corrected chi connectivity index (χ0v) is 14.3. The smallest absolute Gasteiger partial charge is 0.318 e. The Kier molecular flexibility index (Phi) is 5.50. The second kappa shape index (κ2) is 7.37. The van der Waals surface area contributed by atoms with E-state index in [1.165, 1.54) is 6.07 Å². The predicted octanol–water partition coefficient (Wildman–Crippen LogP) is 4.44. The number of halogens is 1. The molecule has 2 aromatic rings. The zero-order chi connectivity index (χ0) is 17.0. The maximum Gasteiger partial charge on any atom is 0.318 e. The first kappa shape index (κ1) is 17.1. The number of hydrogen-bond acceptors (Lipinski definition) is 4. The maximum absolute atomic E-state index is 12.5. The van der Waals surface area contributed by atoms with E-state index in [1.807, 2.05) is 30.3 Å². The van der Waals surface area contributed by atoms with Gasteiger partial charge < -0.3 is 4.74 Å². The Morgan fingerprint density at radius 2 is 1.78 bits per heavy atom. The van der Waals surface area contributed by atoms with Crippen LogP contribution < -0.4 is 0 Å². The van der Waals surface area contributed by atoms with Gasteiger partial charge in [0.15, 0.2) is 0 Å². The van der Waals surface area contributed by atoms with Crippen molar-refractivity contribution in [2.24, 2.45) is 0 Å². The van der Waals surface area contributed by atoms with Crippen molar-refractivity contribution in [3.63, 3.8) is 0 Å². The molecule has 2 aromatic carbocycles. The van der Waals surface area contributed by atoms with Gasteiger partial charge in [-0.3, -0.25) is 14.9 Å². The molecule has 0 aliphatic rings. The van der Waals surface area contributed by atoms with Crippen LogP contribution in [0.3, 0.4) is 0 Å². The van der Waals surface area contributed by atoms with Crippen molar-refractivity contribution < 1.29 is 14.5 Å². The third-order valence-electron chi connectivity index (χ3n) is 3.22. The molecule has 0 fully saturated rings. The molecule has 0 bridgehead atoms. The highest BCUT2D eigenvalue weighted by atomic mass is 79.9. The summed E-state index contributed by atoms with van der Waals surface area (Å²) in [5.41, 5.74) is 1.37. The monoisotopic (exact) mass is 377 g/mol. The van der Waals surface area contributed by atoms with E-state index in [0.29, 0.717) is 10.0 Å². The first-order chi connectivity index (χ1) is 10.9. The topological polar surface area (TPSA) is 69.4 Å². The Morgan fingerprint density at radius 1 is 1.13 bits per heavy atom. The number of rotatable bonds is 5. The van der Waals surface area contributed by atoms with Crippen LogP contribution in [0, 0.1) is 10.1 Å². The molecule has 0 aromatic heterocycles. The minimum atomic E-state index is -0.629. The Hall–Kier alpha value is -2.21. The summed E-state index contributed by atoms with van der Waals surface area (Å²) >= 11 is 3.19. The molecule has 0 aliphatic heterocycles. The van der Waals surface area contributed by atoms with E-state index in [9.17, 15) is 14.9 Å². The normalized spacial score (nSPS) is 12.0. The quantitative estimate of drug-likeness (QED) is 0.438. The molecular weight excluding hydrogens is 362 g/mol. The van der Waals surface area contributed by atoms with Gasteiger partial charge in [0.2, 0.25) is 0 Å². The van der Waals surface area contributed by atoms with Gasteiger partial charge in [0, 0.05) is 6.07 Å². The molecule has 0 unspecified atom stereocenters. The lowest BCUT2D eigenvalue weighted by Crippen LogP contribution is -2.20. The minimum Gasteiger partial charge on any atom is -0.462 e. The van der Waals surface area contributed by atoms with Gasteiger partial charge in [0.25, 0.3) is 5.69 Å². The Morgan fingerprint density at radius 3 is 2.30 bits per heavy atom. The number of hydrogen-bond donors (Lipinski definition) is 0. The van der Waals surface area contributed by atoms with Crippen molar-refractivity contribution in [1.82, 2.24) is 0 Å². The van der Waals surface area contributed by atoms with Crippen molar-refractivity contribution in [3.05, 3.63) is 74.2 Å². The lowest BCUT2D eigenvalue weighted by Gasteiger charge is -2.19. The molecule has 1 atom stereocenters. The van der Waals surface area contributed by atoms with E-state index in [-0.39, 0.29) is 17.8 Å². The largest absolute Gasteiger partial charge is 0.462 e. The molecule has 0 saturated carbocycles. The molecule has 0 spiro atoms. The number of nitro groups is 1. The highest BCUT2D eigenvalue weighted by Crippen LogP contribution is 2.32. The minimum absolute atomic E-state index is 0.0437. The van der Waals surface area contributed by atoms with E-state index in [2.05, 4.69) is 15.9 Å². The van der Waals surface area contributed by atoms with E-state index in [1.54, 1.807) is 26.0 Å². The van der Waals surface area contributed by atoms with Gasteiger partial charge in [-0.25, -0.2) is 0 Å². The van der Waals surface area contributed by atoms with Gasteiger partial charge in [0.05, 0.1) is 15.5 Å². The van der Waals surface area contributed by atoms with Crippen LogP contribution in [0.5, 0.6) is 0 Å². The Balaban J connectivity index is 2.47. The summed E-state index contributed by atoms with van der Waals surface area (Å²) in [4.78, 5) is 23.0. The summed E-state index contributed by atoms with van der Waals surface area (Å²) in [7, 11) is 0. The molecule has 23 heavy (non-hydrogen) atoms. The average Bonchev–Trinajstić information content (AvgIpc) is 2.47. The number of carbonyl (C=O) groups excluding carboxylic acids is 1. The second-order valence-electron chi connectivity index (χ2n) is 5.30. The fourth-order valence-corrected chi connectivity index (χ4v) is 2.80. The molecule has 0 radical (unpaired) electrons. The summed E-state index contributed by atoms with van der Waals surface area (Å²) in [5.74, 6) is -1.01. The molecule has 120 valence electrons. The van der Waals surface area contributed by atoms with E-state index in [4.69, 9.17) is 4.74 Å². The number of carbonyl (C=O) groups is 1. The van der Waals surface area contributed by atoms with E-state index < -0.39 is 10.8 Å². The van der Waals surface area contributed by atoms with Gasteiger partial charge >= 0.3 is 5.97 Å².